The van der Waals surface area contributed by atoms with Crippen LogP contribution in [-0.2, 0) is 0 Å². The Morgan fingerprint density at radius 2 is 1.64 bits per heavy atom. The van der Waals surface area contributed by atoms with Crippen LogP contribution in [0.5, 0.6) is 0 Å². The fraction of sp³-hybridized carbons (Fsp3) is 1.00. The Morgan fingerprint density at radius 3 is 2.27 bits per heavy atom. The summed E-state index contributed by atoms with van der Waals surface area (Å²) >= 11 is 0. The lowest BCUT2D eigenvalue weighted by Crippen LogP contribution is -2.31. The molecule has 0 spiro atoms. The van der Waals surface area contributed by atoms with E-state index in [-0.39, 0.29) is 12.0 Å². The van der Waals surface area contributed by atoms with Gasteiger partial charge in [0.15, 0.2) is 0 Å². The molecule has 2 fully saturated rings. The molecule has 5 atom stereocenters. The number of fused-ring (bicyclic) bond motifs is 1. The van der Waals surface area contributed by atoms with Gasteiger partial charge < -0.3 is 15.3 Å². The van der Waals surface area contributed by atoms with Crippen LogP contribution in [0, 0.1) is 11.8 Å². The van der Waals surface area contributed by atoms with Crippen molar-refractivity contribution in [2.24, 2.45) is 11.8 Å². The van der Waals surface area contributed by atoms with Crippen LogP contribution >= 0.6 is 0 Å². The van der Waals surface area contributed by atoms with Gasteiger partial charge in [0, 0.05) is 5.92 Å². The first-order valence-corrected chi connectivity index (χ1v) is 4.24. The SMILES string of the molecule is O[C@H]1[C@H]2[C@H](CC[C@H]2O)C[C@H]1O. The maximum absolute atomic E-state index is 9.43. The molecule has 0 unspecified atom stereocenters. The van der Waals surface area contributed by atoms with Crippen molar-refractivity contribution in [3.05, 3.63) is 0 Å². The van der Waals surface area contributed by atoms with E-state index >= 15 is 0 Å². The largest absolute Gasteiger partial charge is 0.393 e. The van der Waals surface area contributed by atoms with E-state index in [0.717, 1.165) is 12.8 Å². The normalized spacial score (nSPS) is 56.5. The molecule has 2 aliphatic carbocycles. The lowest BCUT2D eigenvalue weighted by Gasteiger charge is -2.18. The highest BCUT2D eigenvalue weighted by Crippen LogP contribution is 2.44. The molecule has 3 heteroatoms. The molecule has 0 aliphatic heterocycles. The van der Waals surface area contributed by atoms with Crippen molar-refractivity contribution in [1.82, 2.24) is 0 Å². The second kappa shape index (κ2) is 2.44. The van der Waals surface area contributed by atoms with E-state index in [4.69, 9.17) is 0 Å². The first-order chi connectivity index (χ1) is 5.20. The molecular formula is C8H14O3. The Labute approximate surface area is 65.7 Å². The average Bonchev–Trinajstić information content (AvgIpc) is 2.41. The molecule has 0 aromatic carbocycles. The first kappa shape index (κ1) is 7.53. The van der Waals surface area contributed by atoms with Gasteiger partial charge in [-0.05, 0) is 25.2 Å². The molecule has 0 saturated heterocycles. The Kier molecular flexibility index (Phi) is 1.67. The van der Waals surface area contributed by atoms with E-state index in [1.165, 1.54) is 0 Å². The fourth-order valence-corrected chi connectivity index (χ4v) is 2.57. The Bertz CT molecular complexity index is 157. The van der Waals surface area contributed by atoms with E-state index in [1.54, 1.807) is 0 Å². The maximum atomic E-state index is 9.43. The second-order valence-corrected chi connectivity index (χ2v) is 3.78. The van der Waals surface area contributed by atoms with Gasteiger partial charge in [0.1, 0.15) is 0 Å². The maximum Gasteiger partial charge on any atom is 0.0854 e. The summed E-state index contributed by atoms with van der Waals surface area (Å²) in [6, 6.07) is 0. The molecule has 0 heterocycles. The molecule has 0 radical (unpaired) electrons. The second-order valence-electron chi connectivity index (χ2n) is 3.78. The van der Waals surface area contributed by atoms with Crippen molar-refractivity contribution >= 4 is 0 Å². The highest BCUT2D eigenvalue weighted by Gasteiger charge is 2.48. The van der Waals surface area contributed by atoms with Crippen molar-refractivity contribution < 1.29 is 15.3 Å². The van der Waals surface area contributed by atoms with Gasteiger partial charge in [-0.1, -0.05) is 0 Å². The van der Waals surface area contributed by atoms with Gasteiger partial charge in [-0.2, -0.15) is 0 Å². The van der Waals surface area contributed by atoms with Gasteiger partial charge in [0.25, 0.3) is 0 Å². The molecule has 0 aromatic rings. The summed E-state index contributed by atoms with van der Waals surface area (Å²) < 4.78 is 0. The Hall–Kier alpha value is -0.120. The van der Waals surface area contributed by atoms with Crippen LogP contribution in [0.15, 0.2) is 0 Å². The van der Waals surface area contributed by atoms with Gasteiger partial charge in [-0.15, -0.1) is 0 Å². The minimum Gasteiger partial charge on any atom is -0.393 e. The lowest BCUT2D eigenvalue weighted by atomic mass is 9.97. The van der Waals surface area contributed by atoms with Crippen LogP contribution in [0.4, 0.5) is 0 Å². The van der Waals surface area contributed by atoms with Gasteiger partial charge >= 0.3 is 0 Å². The lowest BCUT2D eigenvalue weighted by molar-refractivity contribution is -0.0156. The van der Waals surface area contributed by atoms with E-state index in [0.29, 0.717) is 12.3 Å². The monoisotopic (exact) mass is 158 g/mol. The van der Waals surface area contributed by atoms with E-state index < -0.39 is 12.2 Å². The zero-order valence-electron chi connectivity index (χ0n) is 6.35. The molecule has 3 N–H and O–H groups in total. The third kappa shape index (κ3) is 0.991. The number of rotatable bonds is 0. The minimum atomic E-state index is -0.683. The molecule has 2 rings (SSSR count). The Morgan fingerprint density at radius 1 is 0.909 bits per heavy atom. The molecule has 0 bridgehead atoms. The van der Waals surface area contributed by atoms with E-state index in [2.05, 4.69) is 0 Å². The quantitative estimate of drug-likeness (QED) is 0.445. The van der Waals surface area contributed by atoms with Gasteiger partial charge in [-0.25, -0.2) is 0 Å². The van der Waals surface area contributed by atoms with Crippen molar-refractivity contribution in [1.29, 1.82) is 0 Å². The highest BCUT2D eigenvalue weighted by atomic mass is 16.3. The Balaban J connectivity index is 2.13. The zero-order chi connectivity index (χ0) is 8.01. The van der Waals surface area contributed by atoms with Crippen LogP contribution < -0.4 is 0 Å². The third-order valence-corrected chi connectivity index (χ3v) is 3.15. The van der Waals surface area contributed by atoms with E-state index in [1.807, 2.05) is 0 Å². The third-order valence-electron chi connectivity index (χ3n) is 3.15. The molecule has 0 amide bonds. The van der Waals surface area contributed by atoms with Gasteiger partial charge in [-0.3, -0.25) is 0 Å². The molecule has 2 aliphatic rings. The smallest absolute Gasteiger partial charge is 0.0854 e. The van der Waals surface area contributed by atoms with Crippen molar-refractivity contribution in [2.75, 3.05) is 0 Å². The van der Waals surface area contributed by atoms with E-state index in [9.17, 15) is 15.3 Å². The first-order valence-electron chi connectivity index (χ1n) is 4.24. The number of aliphatic hydroxyl groups is 3. The predicted molar refractivity (Wildman–Crippen MR) is 38.9 cm³/mol. The van der Waals surface area contributed by atoms with Crippen LogP contribution in [-0.4, -0.2) is 33.6 Å². The molecule has 11 heavy (non-hydrogen) atoms. The number of hydrogen-bond acceptors (Lipinski definition) is 3. The summed E-state index contributed by atoms with van der Waals surface area (Å²) in [5.74, 6) is 0.306. The summed E-state index contributed by atoms with van der Waals surface area (Å²) in [5, 5.41) is 28.1. The van der Waals surface area contributed by atoms with Crippen molar-refractivity contribution in [3.8, 4) is 0 Å². The summed E-state index contributed by atoms with van der Waals surface area (Å²) in [6.07, 6.45) is 0.756. The molecule has 64 valence electrons. The predicted octanol–water partition coefficient (Wildman–Crippen LogP) is -0.501. The number of aliphatic hydroxyl groups excluding tert-OH is 3. The highest BCUT2D eigenvalue weighted by molar-refractivity contribution is 4.98. The number of hydrogen-bond donors (Lipinski definition) is 3. The standard InChI is InChI=1S/C8H14O3/c9-5-2-1-4-3-6(10)8(11)7(4)5/h4-11H,1-3H2/t4-,5-,6-,7+,8-/m1/s1. The average molecular weight is 158 g/mol. The summed E-state index contributed by atoms with van der Waals surface area (Å²) in [5.41, 5.74) is 0. The summed E-state index contributed by atoms with van der Waals surface area (Å²) in [7, 11) is 0. The zero-order valence-corrected chi connectivity index (χ0v) is 6.35. The van der Waals surface area contributed by atoms with Crippen LogP contribution in [0.3, 0.4) is 0 Å². The van der Waals surface area contributed by atoms with Crippen LogP contribution in [0.1, 0.15) is 19.3 Å². The molecule has 0 aromatic heterocycles. The van der Waals surface area contributed by atoms with Crippen molar-refractivity contribution in [2.45, 2.75) is 37.6 Å². The minimum absolute atomic E-state index is 0.0509. The molecule has 2 saturated carbocycles. The molecular weight excluding hydrogens is 144 g/mol. The summed E-state index contributed by atoms with van der Waals surface area (Å²) in [4.78, 5) is 0. The summed E-state index contributed by atoms with van der Waals surface area (Å²) in [6.45, 7) is 0. The van der Waals surface area contributed by atoms with Gasteiger partial charge in [0.05, 0.1) is 18.3 Å². The molecule has 3 nitrogen and oxygen atoms in total. The van der Waals surface area contributed by atoms with Crippen LogP contribution in [0.2, 0.25) is 0 Å². The van der Waals surface area contributed by atoms with Crippen LogP contribution in [0.25, 0.3) is 0 Å². The fourth-order valence-electron chi connectivity index (χ4n) is 2.57. The topological polar surface area (TPSA) is 60.7 Å². The van der Waals surface area contributed by atoms with Crippen molar-refractivity contribution in [3.63, 3.8) is 0 Å². The van der Waals surface area contributed by atoms with Gasteiger partial charge in [0.2, 0.25) is 0 Å².